The van der Waals surface area contributed by atoms with E-state index in [4.69, 9.17) is 0 Å². The molecule has 0 saturated heterocycles. The van der Waals surface area contributed by atoms with Crippen LogP contribution in [-0.2, 0) is 6.54 Å². The van der Waals surface area contributed by atoms with Crippen molar-refractivity contribution in [3.63, 3.8) is 0 Å². The molecule has 0 aliphatic rings. The van der Waals surface area contributed by atoms with Gasteiger partial charge < -0.3 is 5.32 Å². The van der Waals surface area contributed by atoms with Crippen molar-refractivity contribution in [2.45, 2.75) is 6.54 Å². The van der Waals surface area contributed by atoms with Crippen molar-refractivity contribution >= 4 is 0 Å². The van der Waals surface area contributed by atoms with Gasteiger partial charge in [-0.25, -0.2) is 8.78 Å². The van der Waals surface area contributed by atoms with Gasteiger partial charge in [-0.05, 0) is 41.9 Å². The number of rotatable bonds is 3. The fourth-order valence-electron chi connectivity index (χ4n) is 1.74. The van der Waals surface area contributed by atoms with Crippen LogP contribution in [0.1, 0.15) is 5.56 Å². The molecular weight excluding hydrogens is 220 g/mol. The molecule has 1 N–H and O–H groups in total. The third-order valence-electron chi connectivity index (χ3n) is 2.56. The zero-order chi connectivity index (χ0) is 12.3. The maximum atomic E-state index is 13.1. The molecule has 0 radical (unpaired) electrons. The van der Waals surface area contributed by atoms with Crippen molar-refractivity contribution in [1.82, 2.24) is 5.32 Å². The molecule has 0 aromatic heterocycles. The Morgan fingerprint density at radius 1 is 0.941 bits per heavy atom. The Labute approximate surface area is 99.1 Å². The minimum absolute atomic E-state index is 0.682. The van der Waals surface area contributed by atoms with Crippen LogP contribution in [0, 0.1) is 11.6 Å². The largest absolute Gasteiger partial charge is 0.316 e. The summed E-state index contributed by atoms with van der Waals surface area (Å²) >= 11 is 0. The Morgan fingerprint density at radius 2 is 1.71 bits per heavy atom. The zero-order valence-corrected chi connectivity index (χ0v) is 9.50. The summed E-state index contributed by atoms with van der Waals surface area (Å²) in [6.45, 7) is 0.748. The van der Waals surface area contributed by atoms with Gasteiger partial charge >= 0.3 is 0 Å². The minimum Gasteiger partial charge on any atom is -0.316 e. The number of benzene rings is 2. The molecule has 3 heteroatoms. The molecule has 0 bridgehead atoms. The number of nitrogens with one attached hydrogen (secondary N) is 1. The Hall–Kier alpha value is -1.74. The van der Waals surface area contributed by atoms with Gasteiger partial charge in [-0.3, -0.25) is 0 Å². The molecule has 2 aromatic carbocycles. The fraction of sp³-hybridized carbons (Fsp3) is 0.143. The first-order chi connectivity index (χ1) is 8.20. The lowest BCUT2D eigenvalue weighted by Crippen LogP contribution is -2.04. The van der Waals surface area contributed by atoms with Crippen molar-refractivity contribution in [3.05, 3.63) is 59.7 Å². The third-order valence-corrected chi connectivity index (χ3v) is 2.56. The highest BCUT2D eigenvalue weighted by Gasteiger charge is 2.04. The topological polar surface area (TPSA) is 12.0 Å². The van der Waals surface area contributed by atoms with Crippen LogP contribution in [0.3, 0.4) is 0 Å². The lowest BCUT2D eigenvalue weighted by Gasteiger charge is -2.05. The van der Waals surface area contributed by atoms with Crippen LogP contribution in [0.15, 0.2) is 42.5 Å². The molecule has 1 nitrogen and oxygen atoms in total. The fourth-order valence-corrected chi connectivity index (χ4v) is 1.74. The molecule has 0 atom stereocenters. The molecule has 0 amide bonds. The van der Waals surface area contributed by atoms with Gasteiger partial charge in [0.1, 0.15) is 0 Å². The minimum atomic E-state index is -0.819. The number of hydrogen-bond acceptors (Lipinski definition) is 1. The summed E-state index contributed by atoms with van der Waals surface area (Å²) in [5.74, 6) is -1.64. The van der Waals surface area contributed by atoms with E-state index in [-0.39, 0.29) is 0 Å². The van der Waals surface area contributed by atoms with E-state index in [2.05, 4.69) is 5.32 Å². The normalized spacial score (nSPS) is 10.5. The molecule has 0 saturated carbocycles. The molecule has 0 aliphatic heterocycles. The smallest absolute Gasteiger partial charge is 0.159 e. The summed E-state index contributed by atoms with van der Waals surface area (Å²) in [4.78, 5) is 0. The predicted octanol–water partition coefficient (Wildman–Crippen LogP) is 3.35. The molecule has 0 heterocycles. The molecule has 2 rings (SSSR count). The van der Waals surface area contributed by atoms with E-state index in [0.717, 1.165) is 23.7 Å². The first-order valence-electron chi connectivity index (χ1n) is 5.39. The summed E-state index contributed by atoms with van der Waals surface area (Å²) in [6.07, 6.45) is 0. The van der Waals surface area contributed by atoms with Gasteiger partial charge in [-0.2, -0.15) is 0 Å². The van der Waals surface area contributed by atoms with Crippen LogP contribution in [0.25, 0.3) is 11.1 Å². The van der Waals surface area contributed by atoms with Crippen molar-refractivity contribution in [1.29, 1.82) is 0 Å². The van der Waals surface area contributed by atoms with Gasteiger partial charge in [-0.1, -0.05) is 24.3 Å². The van der Waals surface area contributed by atoms with Crippen LogP contribution in [-0.4, -0.2) is 7.05 Å². The Balaban J connectivity index is 2.38. The summed E-state index contributed by atoms with van der Waals surface area (Å²) in [5, 5.41) is 3.05. The average Bonchev–Trinajstić information content (AvgIpc) is 2.33. The molecular formula is C14H13F2N. The molecule has 0 unspecified atom stereocenters. The molecule has 17 heavy (non-hydrogen) atoms. The van der Waals surface area contributed by atoms with Gasteiger partial charge in [0.25, 0.3) is 0 Å². The van der Waals surface area contributed by atoms with Gasteiger partial charge in [0.05, 0.1) is 0 Å². The van der Waals surface area contributed by atoms with Crippen LogP contribution >= 0.6 is 0 Å². The Kier molecular flexibility index (Phi) is 3.49. The Morgan fingerprint density at radius 3 is 2.41 bits per heavy atom. The van der Waals surface area contributed by atoms with E-state index in [9.17, 15) is 8.78 Å². The van der Waals surface area contributed by atoms with E-state index in [1.54, 1.807) is 6.07 Å². The van der Waals surface area contributed by atoms with E-state index < -0.39 is 11.6 Å². The lowest BCUT2D eigenvalue weighted by molar-refractivity contribution is 0.509. The highest BCUT2D eigenvalue weighted by molar-refractivity contribution is 5.64. The zero-order valence-electron chi connectivity index (χ0n) is 9.50. The first-order valence-corrected chi connectivity index (χ1v) is 5.39. The van der Waals surface area contributed by atoms with Crippen molar-refractivity contribution in [2.75, 3.05) is 7.05 Å². The van der Waals surface area contributed by atoms with Crippen molar-refractivity contribution in [3.8, 4) is 11.1 Å². The SMILES string of the molecule is CNCc1cccc(-c2ccc(F)c(F)c2)c1. The number of halogens is 2. The highest BCUT2D eigenvalue weighted by Crippen LogP contribution is 2.22. The van der Waals surface area contributed by atoms with Crippen LogP contribution < -0.4 is 5.32 Å². The predicted molar refractivity (Wildman–Crippen MR) is 64.6 cm³/mol. The average molecular weight is 233 g/mol. The molecule has 0 fully saturated rings. The van der Waals surface area contributed by atoms with E-state index >= 15 is 0 Å². The lowest BCUT2D eigenvalue weighted by atomic mass is 10.0. The number of hydrogen-bond donors (Lipinski definition) is 1. The van der Waals surface area contributed by atoms with Crippen LogP contribution in [0.4, 0.5) is 8.78 Å². The highest BCUT2D eigenvalue weighted by atomic mass is 19.2. The molecule has 0 spiro atoms. The summed E-state index contributed by atoms with van der Waals surface area (Å²) in [7, 11) is 1.87. The second-order valence-electron chi connectivity index (χ2n) is 3.86. The van der Waals surface area contributed by atoms with Gasteiger partial charge in [-0.15, -0.1) is 0 Å². The monoisotopic (exact) mass is 233 g/mol. The van der Waals surface area contributed by atoms with Crippen molar-refractivity contribution < 1.29 is 8.78 Å². The quantitative estimate of drug-likeness (QED) is 0.857. The Bertz CT molecular complexity index is 523. The standard InChI is InChI=1S/C14H13F2N/c1-17-9-10-3-2-4-11(7-10)12-5-6-13(15)14(16)8-12/h2-8,17H,9H2,1H3. The summed E-state index contributed by atoms with van der Waals surface area (Å²) < 4.78 is 26.0. The first kappa shape index (κ1) is 11.7. The van der Waals surface area contributed by atoms with E-state index in [1.165, 1.54) is 6.07 Å². The summed E-state index contributed by atoms with van der Waals surface area (Å²) in [6, 6.07) is 11.7. The van der Waals surface area contributed by atoms with Crippen LogP contribution in [0.2, 0.25) is 0 Å². The van der Waals surface area contributed by atoms with Gasteiger partial charge in [0, 0.05) is 6.54 Å². The maximum Gasteiger partial charge on any atom is 0.159 e. The maximum absolute atomic E-state index is 13.1. The van der Waals surface area contributed by atoms with E-state index in [0.29, 0.717) is 5.56 Å². The molecule has 2 aromatic rings. The molecule has 88 valence electrons. The molecule has 0 aliphatic carbocycles. The summed E-state index contributed by atoms with van der Waals surface area (Å²) in [5.41, 5.74) is 2.67. The third kappa shape index (κ3) is 2.68. The van der Waals surface area contributed by atoms with Crippen molar-refractivity contribution in [2.24, 2.45) is 0 Å². The van der Waals surface area contributed by atoms with Gasteiger partial charge in [0.2, 0.25) is 0 Å². The second-order valence-corrected chi connectivity index (χ2v) is 3.86. The van der Waals surface area contributed by atoms with Gasteiger partial charge in [0.15, 0.2) is 11.6 Å². The van der Waals surface area contributed by atoms with Crippen LogP contribution in [0.5, 0.6) is 0 Å². The second kappa shape index (κ2) is 5.06. The van der Waals surface area contributed by atoms with E-state index in [1.807, 2.05) is 31.3 Å².